The number of carbonyl (C=O) groups excluding carboxylic acids is 1. The van der Waals surface area contributed by atoms with E-state index < -0.39 is 0 Å². The lowest BCUT2D eigenvalue weighted by Crippen LogP contribution is -2.36. The van der Waals surface area contributed by atoms with Crippen molar-refractivity contribution in [2.45, 2.75) is 18.9 Å². The molecule has 0 aliphatic carbocycles. The van der Waals surface area contributed by atoms with Crippen molar-refractivity contribution in [3.05, 3.63) is 54.0 Å². The number of amides is 1. The number of likely N-dealkylation sites (tertiary alicyclic amines) is 1. The van der Waals surface area contributed by atoms with Crippen LogP contribution in [0.15, 0.2) is 47.1 Å². The van der Waals surface area contributed by atoms with Crippen LogP contribution in [-0.4, -0.2) is 37.6 Å². The van der Waals surface area contributed by atoms with Crippen molar-refractivity contribution < 1.29 is 13.9 Å². The maximum atomic E-state index is 12.3. The van der Waals surface area contributed by atoms with Gasteiger partial charge < -0.3 is 14.5 Å². The van der Waals surface area contributed by atoms with E-state index in [-0.39, 0.29) is 11.9 Å². The molecule has 2 aromatic rings. The predicted octanol–water partition coefficient (Wildman–Crippen LogP) is 2.86. The molecule has 1 aliphatic heterocycles. The van der Waals surface area contributed by atoms with Crippen molar-refractivity contribution in [1.82, 2.24) is 10.2 Å². The second-order valence-electron chi connectivity index (χ2n) is 5.71. The SMILES string of the molecule is COc1ccc(C(=O)NC[C@H](c2ccco2)N2CCCC2)cc1. The minimum absolute atomic E-state index is 0.0802. The van der Waals surface area contributed by atoms with Crippen molar-refractivity contribution in [2.75, 3.05) is 26.7 Å². The molecule has 2 heterocycles. The number of carbonyl (C=O) groups is 1. The molecule has 1 fully saturated rings. The van der Waals surface area contributed by atoms with E-state index in [9.17, 15) is 4.79 Å². The van der Waals surface area contributed by atoms with Crippen LogP contribution in [0, 0.1) is 0 Å². The van der Waals surface area contributed by atoms with E-state index in [1.165, 1.54) is 12.8 Å². The number of benzene rings is 1. The van der Waals surface area contributed by atoms with E-state index in [1.54, 1.807) is 37.6 Å². The topological polar surface area (TPSA) is 54.7 Å². The normalized spacial score (nSPS) is 16.2. The van der Waals surface area contributed by atoms with Gasteiger partial charge in [-0.1, -0.05) is 0 Å². The molecule has 1 amide bonds. The van der Waals surface area contributed by atoms with Gasteiger partial charge in [-0.2, -0.15) is 0 Å². The van der Waals surface area contributed by atoms with Crippen LogP contribution in [0.25, 0.3) is 0 Å². The minimum atomic E-state index is -0.0802. The van der Waals surface area contributed by atoms with Crippen molar-refractivity contribution in [3.8, 4) is 5.75 Å². The molecule has 23 heavy (non-hydrogen) atoms. The fourth-order valence-electron chi connectivity index (χ4n) is 2.98. The lowest BCUT2D eigenvalue weighted by Gasteiger charge is -2.26. The molecule has 0 saturated carbocycles. The summed E-state index contributed by atoms with van der Waals surface area (Å²) in [6.45, 7) is 2.63. The zero-order chi connectivity index (χ0) is 16.1. The van der Waals surface area contributed by atoms with Crippen LogP contribution >= 0.6 is 0 Å². The van der Waals surface area contributed by atoms with Crippen molar-refractivity contribution >= 4 is 5.91 Å². The molecule has 5 nitrogen and oxygen atoms in total. The zero-order valence-electron chi connectivity index (χ0n) is 13.3. The zero-order valence-corrected chi connectivity index (χ0v) is 13.3. The molecule has 0 unspecified atom stereocenters. The molecule has 0 bridgehead atoms. The van der Waals surface area contributed by atoms with Gasteiger partial charge in [-0.15, -0.1) is 0 Å². The van der Waals surface area contributed by atoms with Gasteiger partial charge in [0.05, 0.1) is 19.4 Å². The van der Waals surface area contributed by atoms with E-state index in [4.69, 9.17) is 9.15 Å². The average molecular weight is 314 g/mol. The van der Waals surface area contributed by atoms with E-state index in [0.717, 1.165) is 24.6 Å². The summed E-state index contributed by atoms with van der Waals surface area (Å²) >= 11 is 0. The molecule has 122 valence electrons. The Bertz CT molecular complexity index is 616. The molecular formula is C18H22N2O3. The molecular weight excluding hydrogens is 292 g/mol. The molecule has 0 spiro atoms. The smallest absolute Gasteiger partial charge is 0.251 e. The van der Waals surface area contributed by atoms with Crippen LogP contribution in [0.5, 0.6) is 5.75 Å². The van der Waals surface area contributed by atoms with Gasteiger partial charge in [0.1, 0.15) is 11.5 Å². The summed E-state index contributed by atoms with van der Waals surface area (Å²) in [7, 11) is 1.61. The number of hydrogen-bond acceptors (Lipinski definition) is 4. The van der Waals surface area contributed by atoms with Crippen LogP contribution in [0.2, 0.25) is 0 Å². The highest BCUT2D eigenvalue weighted by molar-refractivity contribution is 5.94. The highest BCUT2D eigenvalue weighted by Gasteiger charge is 2.26. The Morgan fingerprint density at radius 2 is 2.00 bits per heavy atom. The summed E-state index contributed by atoms with van der Waals surface area (Å²) < 4.78 is 10.7. The average Bonchev–Trinajstić information content (AvgIpc) is 3.29. The molecule has 0 radical (unpaired) electrons. The second kappa shape index (κ2) is 7.33. The van der Waals surface area contributed by atoms with Gasteiger partial charge in [0.15, 0.2) is 0 Å². The molecule has 1 saturated heterocycles. The monoisotopic (exact) mass is 314 g/mol. The first-order valence-corrected chi connectivity index (χ1v) is 7.97. The van der Waals surface area contributed by atoms with Crippen molar-refractivity contribution in [3.63, 3.8) is 0 Å². The van der Waals surface area contributed by atoms with Crippen molar-refractivity contribution in [1.29, 1.82) is 0 Å². The second-order valence-corrected chi connectivity index (χ2v) is 5.71. The van der Waals surface area contributed by atoms with Gasteiger partial charge in [-0.3, -0.25) is 9.69 Å². The lowest BCUT2D eigenvalue weighted by molar-refractivity contribution is 0.0933. The van der Waals surface area contributed by atoms with Gasteiger partial charge in [-0.25, -0.2) is 0 Å². The van der Waals surface area contributed by atoms with E-state index >= 15 is 0 Å². The number of ether oxygens (including phenoxy) is 1. The Balaban J connectivity index is 1.64. The maximum absolute atomic E-state index is 12.3. The molecule has 1 aromatic heterocycles. The molecule has 1 aliphatic rings. The summed E-state index contributed by atoms with van der Waals surface area (Å²) in [6.07, 6.45) is 4.08. The van der Waals surface area contributed by atoms with Gasteiger partial charge in [-0.05, 0) is 62.3 Å². The number of furan rings is 1. The molecule has 5 heteroatoms. The number of nitrogens with zero attached hydrogens (tertiary/aromatic N) is 1. The van der Waals surface area contributed by atoms with E-state index in [0.29, 0.717) is 12.1 Å². The van der Waals surface area contributed by atoms with Crippen LogP contribution < -0.4 is 10.1 Å². The standard InChI is InChI=1S/C18H22N2O3/c1-22-15-8-6-14(7-9-15)18(21)19-13-16(17-5-4-12-23-17)20-10-2-3-11-20/h4-9,12,16H,2-3,10-11,13H2,1H3,(H,19,21)/t16-/m1/s1. The summed E-state index contributed by atoms with van der Waals surface area (Å²) in [6, 6.07) is 11.1. The third kappa shape index (κ3) is 3.74. The summed E-state index contributed by atoms with van der Waals surface area (Å²) in [5, 5.41) is 3.02. The van der Waals surface area contributed by atoms with Crippen LogP contribution in [0.4, 0.5) is 0 Å². The quantitative estimate of drug-likeness (QED) is 0.891. The molecule has 1 N–H and O–H groups in total. The lowest BCUT2D eigenvalue weighted by atomic mass is 10.1. The Morgan fingerprint density at radius 3 is 2.61 bits per heavy atom. The van der Waals surface area contributed by atoms with Crippen LogP contribution in [0.3, 0.4) is 0 Å². The molecule has 1 aromatic carbocycles. The Kier molecular flexibility index (Phi) is 4.98. The highest BCUT2D eigenvalue weighted by Crippen LogP contribution is 2.25. The Labute approximate surface area is 136 Å². The first-order valence-electron chi connectivity index (χ1n) is 7.97. The van der Waals surface area contributed by atoms with Gasteiger partial charge in [0.25, 0.3) is 5.91 Å². The van der Waals surface area contributed by atoms with Crippen LogP contribution in [-0.2, 0) is 0 Å². The summed E-state index contributed by atoms with van der Waals surface area (Å²) in [5.74, 6) is 1.57. The minimum Gasteiger partial charge on any atom is -0.497 e. The maximum Gasteiger partial charge on any atom is 0.251 e. The van der Waals surface area contributed by atoms with Gasteiger partial charge >= 0.3 is 0 Å². The fraction of sp³-hybridized carbons (Fsp3) is 0.389. The first-order chi connectivity index (χ1) is 11.3. The Morgan fingerprint density at radius 1 is 1.26 bits per heavy atom. The largest absolute Gasteiger partial charge is 0.497 e. The number of nitrogens with one attached hydrogen (secondary N) is 1. The summed E-state index contributed by atoms with van der Waals surface area (Å²) in [4.78, 5) is 14.7. The van der Waals surface area contributed by atoms with Gasteiger partial charge in [0, 0.05) is 12.1 Å². The van der Waals surface area contributed by atoms with Crippen LogP contribution in [0.1, 0.15) is 35.0 Å². The number of rotatable bonds is 6. The van der Waals surface area contributed by atoms with Gasteiger partial charge in [0.2, 0.25) is 0 Å². The van der Waals surface area contributed by atoms with E-state index in [1.807, 2.05) is 12.1 Å². The van der Waals surface area contributed by atoms with Crippen molar-refractivity contribution in [2.24, 2.45) is 0 Å². The summed E-state index contributed by atoms with van der Waals surface area (Å²) in [5.41, 5.74) is 0.630. The third-order valence-corrected chi connectivity index (χ3v) is 4.26. The predicted molar refractivity (Wildman–Crippen MR) is 87.6 cm³/mol. The number of hydrogen-bond donors (Lipinski definition) is 1. The first kappa shape index (κ1) is 15.6. The highest BCUT2D eigenvalue weighted by atomic mass is 16.5. The number of methoxy groups -OCH3 is 1. The molecule has 1 atom stereocenters. The fourth-order valence-corrected chi connectivity index (χ4v) is 2.98. The van der Waals surface area contributed by atoms with E-state index in [2.05, 4.69) is 10.2 Å². The Hall–Kier alpha value is -2.27. The third-order valence-electron chi connectivity index (χ3n) is 4.26. The molecule has 3 rings (SSSR count).